The number of nitrogens with zero attached hydrogens (tertiary/aromatic N) is 2. The molecule has 3 rings (SSSR count). The molecule has 3 nitrogen and oxygen atoms in total. The van der Waals surface area contributed by atoms with Gasteiger partial charge in [0, 0.05) is 22.3 Å². The zero-order valence-electron chi connectivity index (χ0n) is 12.8. The van der Waals surface area contributed by atoms with Gasteiger partial charge >= 0.3 is 0 Å². The Morgan fingerprint density at radius 3 is 2.58 bits per heavy atom. The van der Waals surface area contributed by atoms with E-state index in [1.807, 2.05) is 19.1 Å². The van der Waals surface area contributed by atoms with Gasteiger partial charge in [0.15, 0.2) is 17.5 Å². The normalized spacial score (nSPS) is 10.7. The zero-order valence-corrected chi connectivity index (χ0v) is 13.5. The van der Waals surface area contributed by atoms with E-state index in [2.05, 4.69) is 9.97 Å². The highest BCUT2D eigenvalue weighted by molar-refractivity contribution is 6.30. The molecule has 0 radical (unpaired) electrons. The van der Waals surface area contributed by atoms with Gasteiger partial charge in [0.1, 0.15) is 6.61 Å². The maximum Gasteiger partial charge on any atom is 0.217 e. The number of aromatic nitrogens is 2. The van der Waals surface area contributed by atoms with E-state index >= 15 is 0 Å². The predicted octanol–water partition coefficient (Wildman–Crippen LogP) is 4.96. The smallest absolute Gasteiger partial charge is 0.217 e. The van der Waals surface area contributed by atoms with Crippen LogP contribution in [0, 0.1) is 18.6 Å². The zero-order chi connectivity index (χ0) is 17.1. The summed E-state index contributed by atoms with van der Waals surface area (Å²) in [6.07, 6.45) is 0. The Kier molecular flexibility index (Phi) is 4.71. The number of halogens is 3. The van der Waals surface area contributed by atoms with Crippen LogP contribution in [0.2, 0.25) is 5.02 Å². The predicted molar refractivity (Wildman–Crippen MR) is 87.9 cm³/mol. The maximum atomic E-state index is 13.2. The number of rotatable bonds is 4. The molecule has 24 heavy (non-hydrogen) atoms. The summed E-state index contributed by atoms with van der Waals surface area (Å²) in [4.78, 5) is 8.71. The molecule has 0 atom stereocenters. The topological polar surface area (TPSA) is 35.0 Å². The van der Waals surface area contributed by atoms with Gasteiger partial charge in [-0.05, 0) is 36.8 Å². The lowest BCUT2D eigenvalue weighted by molar-refractivity contribution is 0.292. The molecule has 0 aliphatic carbocycles. The molecule has 1 heterocycles. The summed E-state index contributed by atoms with van der Waals surface area (Å²) >= 11 is 5.99. The Balaban J connectivity index is 1.82. The van der Waals surface area contributed by atoms with Gasteiger partial charge in [0.05, 0.1) is 0 Å². The van der Waals surface area contributed by atoms with E-state index in [1.54, 1.807) is 18.2 Å². The van der Waals surface area contributed by atoms with Gasteiger partial charge in [-0.1, -0.05) is 29.8 Å². The molecule has 0 bridgehead atoms. The van der Waals surface area contributed by atoms with E-state index in [9.17, 15) is 8.78 Å². The van der Waals surface area contributed by atoms with Crippen LogP contribution in [0.4, 0.5) is 8.78 Å². The molecule has 0 saturated carbocycles. The molecule has 0 aliphatic heterocycles. The van der Waals surface area contributed by atoms with Crippen LogP contribution in [0.1, 0.15) is 11.3 Å². The van der Waals surface area contributed by atoms with Crippen molar-refractivity contribution in [3.8, 4) is 17.3 Å². The van der Waals surface area contributed by atoms with Crippen LogP contribution in [0.25, 0.3) is 11.4 Å². The lowest BCUT2D eigenvalue weighted by Crippen LogP contribution is -2.01. The second-order valence-corrected chi connectivity index (χ2v) is 5.66. The minimum Gasteiger partial charge on any atom is -0.473 e. The minimum atomic E-state index is -0.908. The fourth-order valence-corrected chi connectivity index (χ4v) is 2.35. The van der Waals surface area contributed by atoms with Crippen LogP contribution in [-0.2, 0) is 6.61 Å². The third-order valence-corrected chi connectivity index (χ3v) is 3.52. The first kappa shape index (κ1) is 16.3. The standard InChI is InChI=1S/C18H13ClF2N2O/c1-11-7-17(24-10-12-5-6-15(20)16(21)8-12)23-18(22-11)13-3-2-4-14(19)9-13/h2-9H,10H2,1H3. The van der Waals surface area contributed by atoms with Crippen LogP contribution in [0.15, 0.2) is 48.5 Å². The van der Waals surface area contributed by atoms with Gasteiger partial charge in [0.2, 0.25) is 5.88 Å². The Labute approximate surface area is 142 Å². The lowest BCUT2D eigenvalue weighted by atomic mass is 10.2. The molecule has 1 aromatic heterocycles. The van der Waals surface area contributed by atoms with Gasteiger partial charge in [0.25, 0.3) is 0 Å². The summed E-state index contributed by atoms with van der Waals surface area (Å²) in [5, 5.41) is 0.585. The molecule has 6 heteroatoms. The minimum absolute atomic E-state index is 0.0721. The summed E-state index contributed by atoms with van der Waals surface area (Å²) in [6.45, 7) is 1.89. The van der Waals surface area contributed by atoms with E-state index in [0.29, 0.717) is 22.3 Å². The van der Waals surface area contributed by atoms with E-state index in [1.165, 1.54) is 6.07 Å². The Hall–Kier alpha value is -2.53. The molecular weight excluding hydrogens is 334 g/mol. The third-order valence-electron chi connectivity index (χ3n) is 3.28. The monoisotopic (exact) mass is 346 g/mol. The second kappa shape index (κ2) is 6.93. The quantitative estimate of drug-likeness (QED) is 0.669. The number of hydrogen-bond acceptors (Lipinski definition) is 3. The highest BCUT2D eigenvalue weighted by Gasteiger charge is 2.08. The fourth-order valence-electron chi connectivity index (χ4n) is 2.16. The first-order valence-corrected chi connectivity index (χ1v) is 7.57. The number of hydrogen-bond donors (Lipinski definition) is 0. The molecule has 0 N–H and O–H groups in total. The largest absolute Gasteiger partial charge is 0.473 e. The lowest BCUT2D eigenvalue weighted by Gasteiger charge is -2.09. The average Bonchev–Trinajstić information content (AvgIpc) is 2.55. The summed E-state index contributed by atoms with van der Waals surface area (Å²) in [7, 11) is 0. The molecule has 122 valence electrons. The van der Waals surface area contributed by atoms with Crippen LogP contribution >= 0.6 is 11.6 Å². The Bertz CT molecular complexity index is 887. The van der Waals surface area contributed by atoms with Crippen molar-refractivity contribution in [2.24, 2.45) is 0 Å². The number of benzene rings is 2. The van der Waals surface area contributed by atoms with E-state index < -0.39 is 11.6 Å². The first-order valence-electron chi connectivity index (χ1n) is 7.19. The highest BCUT2D eigenvalue weighted by atomic mass is 35.5. The van der Waals surface area contributed by atoms with Crippen molar-refractivity contribution < 1.29 is 13.5 Å². The molecular formula is C18H13ClF2N2O. The van der Waals surface area contributed by atoms with E-state index in [0.717, 1.165) is 23.4 Å². The molecule has 0 saturated heterocycles. The van der Waals surface area contributed by atoms with Crippen molar-refractivity contribution >= 4 is 11.6 Å². The third kappa shape index (κ3) is 3.86. The van der Waals surface area contributed by atoms with Crippen molar-refractivity contribution in [3.05, 3.63) is 76.4 Å². The SMILES string of the molecule is Cc1cc(OCc2ccc(F)c(F)c2)nc(-c2cccc(Cl)c2)n1. The summed E-state index contributed by atoms with van der Waals surface area (Å²) in [5.74, 6) is -0.963. The molecule has 0 fully saturated rings. The molecule has 2 aromatic carbocycles. The average molecular weight is 347 g/mol. The molecule has 3 aromatic rings. The van der Waals surface area contributed by atoms with E-state index in [-0.39, 0.29) is 6.61 Å². The first-order chi connectivity index (χ1) is 11.5. The van der Waals surface area contributed by atoms with Gasteiger partial charge in [-0.15, -0.1) is 0 Å². The van der Waals surface area contributed by atoms with Crippen LogP contribution in [-0.4, -0.2) is 9.97 Å². The maximum absolute atomic E-state index is 13.2. The second-order valence-electron chi connectivity index (χ2n) is 5.22. The van der Waals surface area contributed by atoms with Crippen molar-refractivity contribution in [2.75, 3.05) is 0 Å². The van der Waals surface area contributed by atoms with Gasteiger partial charge in [-0.25, -0.2) is 13.8 Å². The fraction of sp³-hybridized carbons (Fsp3) is 0.111. The van der Waals surface area contributed by atoms with Crippen molar-refractivity contribution in [3.63, 3.8) is 0 Å². The van der Waals surface area contributed by atoms with Crippen molar-refractivity contribution in [2.45, 2.75) is 13.5 Å². The molecule has 0 amide bonds. The van der Waals surface area contributed by atoms with Gasteiger partial charge in [-0.3, -0.25) is 0 Å². The van der Waals surface area contributed by atoms with Gasteiger partial charge < -0.3 is 4.74 Å². The molecule has 0 spiro atoms. The molecule has 0 unspecified atom stereocenters. The summed E-state index contributed by atoms with van der Waals surface area (Å²) in [5.41, 5.74) is 2.00. The number of aryl methyl sites for hydroxylation is 1. The number of ether oxygens (including phenoxy) is 1. The Morgan fingerprint density at radius 2 is 1.83 bits per heavy atom. The van der Waals surface area contributed by atoms with Crippen molar-refractivity contribution in [1.82, 2.24) is 9.97 Å². The molecule has 0 aliphatic rings. The van der Waals surface area contributed by atoms with Crippen LogP contribution in [0.3, 0.4) is 0 Å². The highest BCUT2D eigenvalue weighted by Crippen LogP contribution is 2.22. The van der Waals surface area contributed by atoms with Crippen molar-refractivity contribution in [1.29, 1.82) is 0 Å². The van der Waals surface area contributed by atoms with Crippen LogP contribution < -0.4 is 4.74 Å². The van der Waals surface area contributed by atoms with Crippen LogP contribution in [0.5, 0.6) is 5.88 Å². The van der Waals surface area contributed by atoms with E-state index in [4.69, 9.17) is 16.3 Å². The summed E-state index contributed by atoms with van der Waals surface area (Å²) in [6, 6.07) is 12.5. The Morgan fingerprint density at radius 1 is 1.00 bits per heavy atom. The summed E-state index contributed by atoms with van der Waals surface area (Å²) < 4.78 is 31.8. The van der Waals surface area contributed by atoms with Gasteiger partial charge in [-0.2, -0.15) is 4.98 Å².